The SMILES string of the molecule is Cc1ccc([C@@H]2COCCN2)cc1I. The van der Waals surface area contributed by atoms with E-state index in [1.165, 1.54) is 14.7 Å². The number of hydrogen-bond acceptors (Lipinski definition) is 2. The Balaban J connectivity index is 2.18. The summed E-state index contributed by atoms with van der Waals surface area (Å²) in [6.45, 7) is 4.71. The minimum Gasteiger partial charge on any atom is -0.378 e. The first-order valence-electron chi connectivity index (χ1n) is 4.84. The quantitative estimate of drug-likeness (QED) is 0.804. The summed E-state index contributed by atoms with van der Waals surface area (Å²) in [5.74, 6) is 0. The summed E-state index contributed by atoms with van der Waals surface area (Å²) in [5.41, 5.74) is 2.67. The molecule has 2 nitrogen and oxygen atoms in total. The summed E-state index contributed by atoms with van der Waals surface area (Å²) < 4.78 is 6.77. The Morgan fingerprint density at radius 2 is 2.36 bits per heavy atom. The topological polar surface area (TPSA) is 21.3 Å². The summed E-state index contributed by atoms with van der Waals surface area (Å²) in [6, 6.07) is 6.97. The van der Waals surface area contributed by atoms with Gasteiger partial charge in [0.25, 0.3) is 0 Å². The fourth-order valence-corrected chi connectivity index (χ4v) is 2.14. The molecular weight excluding hydrogens is 289 g/mol. The van der Waals surface area contributed by atoms with E-state index in [0.29, 0.717) is 6.04 Å². The van der Waals surface area contributed by atoms with Gasteiger partial charge in [-0.1, -0.05) is 12.1 Å². The molecule has 1 saturated heterocycles. The zero-order valence-corrected chi connectivity index (χ0v) is 10.4. The van der Waals surface area contributed by atoms with E-state index in [4.69, 9.17) is 4.74 Å². The van der Waals surface area contributed by atoms with Crippen LogP contribution in [0.25, 0.3) is 0 Å². The molecule has 1 aliphatic heterocycles. The lowest BCUT2D eigenvalue weighted by Crippen LogP contribution is -2.34. The summed E-state index contributed by atoms with van der Waals surface area (Å²) in [7, 11) is 0. The molecule has 1 heterocycles. The minimum absolute atomic E-state index is 0.373. The Kier molecular flexibility index (Phi) is 3.41. The van der Waals surface area contributed by atoms with Crippen LogP contribution in [-0.4, -0.2) is 19.8 Å². The molecule has 1 atom stereocenters. The van der Waals surface area contributed by atoms with Crippen molar-refractivity contribution in [1.29, 1.82) is 0 Å². The largest absolute Gasteiger partial charge is 0.378 e. The van der Waals surface area contributed by atoms with Crippen molar-refractivity contribution in [2.24, 2.45) is 0 Å². The van der Waals surface area contributed by atoms with Crippen molar-refractivity contribution >= 4 is 22.6 Å². The van der Waals surface area contributed by atoms with Gasteiger partial charge in [0.2, 0.25) is 0 Å². The van der Waals surface area contributed by atoms with Crippen molar-refractivity contribution in [2.75, 3.05) is 19.8 Å². The summed E-state index contributed by atoms with van der Waals surface area (Å²) >= 11 is 2.38. The Morgan fingerprint density at radius 3 is 3.00 bits per heavy atom. The highest BCUT2D eigenvalue weighted by Gasteiger charge is 2.15. The highest BCUT2D eigenvalue weighted by Crippen LogP contribution is 2.20. The Labute approximate surface area is 98.2 Å². The third kappa shape index (κ3) is 2.27. The summed E-state index contributed by atoms with van der Waals surface area (Å²) in [4.78, 5) is 0. The monoisotopic (exact) mass is 303 g/mol. The minimum atomic E-state index is 0.373. The maximum Gasteiger partial charge on any atom is 0.0662 e. The van der Waals surface area contributed by atoms with Gasteiger partial charge in [-0.2, -0.15) is 0 Å². The maximum atomic E-state index is 5.44. The maximum absolute atomic E-state index is 5.44. The fraction of sp³-hybridized carbons (Fsp3) is 0.455. The van der Waals surface area contributed by atoms with Crippen LogP contribution in [0.5, 0.6) is 0 Å². The normalized spacial score (nSPS) is 22.3. The van der Waals surface area contributed by atoms with Crippen LogP contribution in [-0.2, 0) is 4.74 Å². The van der Waals surface area contributed by atoms with Gasteiger partial charge in [0.15, 0.2) is 0 Å². The molecule has 0 spiro atoms. The molecular formula is C11H14INO. The third-order valence-corrected chi connectivity index (χ3v) is 3.68. The molecule has 14 heavy (non-hydrogen) atoms. The smallest absolute Gasteiger partial charge is 0.0662 e. The number of halogens is 1. The number of morpholine rings is 1. The number of hydrogen-bond donors (Lipinski definition) is 1. The molecule has 0 amide bonds. The van der Waals surface area contributed by atoms with E-state index in [1.807, 2.05) is 0 Å². The van der Waals surface area contributed by atoms with Crippen molar-refractivity contribution in [3.8, 4) is 0 Å². The standard InChI is InChI=1S/C11H14INO/c1-8-2-3-9(6-10(8)12)11-7-14-5-4-13-11/h2-3,6,11,13H,4-5,7H2,1H3/t11-/m0/s1. The second-order valence-corrected chi connectivity index (χ2v) is 4.75. The molecule has 0 aromatic heterocycles. The first-order chi connectivity index (χ1) is 6.77. The van der Waals surface area contributed by atoms with Crippen molar-refractivity contribution in [2.45, 2.75) is 13.0 Å². The summed E-state index contributed by atoms with van der Waals surface area (Å²) in [5, 5.41) is 3.45. The van der Waals surface area contributed by atoms with E-state index < -0.39 is 0 Å². The molecule has 0 radical (unpaired) electrons. The Bertz CT molecular complexity index is 321. The molecule has 76 valence electrons. The van der Waals surface area contributed by atoms with Crippen molar-refractivity contribution < 1.29 is 4.74 Å². The number of nitrogens with one attached hydrogen (secondary N) is 1. The lowest BCUT2D eigenvalue weighted by atomic mass is 10.1. The van der Waals surface area contributed by atoms with Crippen LogP contribution in [0.2, 0.25) is 0 Å². The predicted octanol–water partition coefficient (Wildman–Crippen LogP) is 2.26. The van der Waals surface area contributed by atoms with Gasteiger partial charge >= 0.3 is 0 Å². The molecule has 1 aliphatic rings. The number of aryl methyl sites for hydroxylation is 1. The second-order valence-electron chi connectivity index (χ2n) is 3.59. The summed E-state index contributed by atoms with van der Waals surface area (Å²) in [6.07, 6.45) is 0. The van der Waals surface area contributed by atoms with Gasteiger partial charge < -0.3 is 10.1 Å². The van der Waals surface area contributed by atoms with Crippen LogP contribution in [0.1, 0.15) is 17.2 Å². The van der Waals surface area contributed by atoms with Crippen molar-refractivity contribution in [3.05, 3.63) is 32.9 Å². The zero-order chi connectivity index (χ0) is 9.97. The molecule has 0 unspecified atom stereocenters. The van der Waals surface area contributed by atoms with Crippen molar-refractivity contribution in [1.82, 2.24) is 5.32 Å². The third-order valence-electron chi connectivity index (χ3n) is 2.52. The lowest BCUT2D eigenvalue weighted by Gasteiger charge is -2.24. The van der Waals surface area contributed by atoms with Crippen LogP contribution in [0, 0.1) is 10.5 Å². The van der Waals surface area contributed by atoms with Gasteiger partial charge in [0.05, 0.1) is 19.3 Å². The molecule has 1 aromatic rings. The van der Waals surface area contributed by atoms with Crippen LogP contribution in [0.3, 0.4) is 0 Å². The van der Waals surface area contributed by atoms with Crippen LogP contribution >= 0.6 is 22.6 Å². The Hall–Kier alpha value is -0.130. The highest BCUT2D eigenvalue weighted by molar-refractivity contribution is 14.1. The first-order valence-corrected chi connectivity index (χ1v) is 5.92. The van der Waals surface area contributed by atoms with Crippen LogP contribution in [0.15, 0.2) is 18.2 Å². The van der Waals surface area contributed by atoms with E-state index in [0.717, 1.165) is 19.8 Å². The van der Waals surface area contributed by atoms with Gasteiger partial charge in [-0.05, 0) is 46.7 Å². The number of rotatable bonds is 1. The van der Waals surface area contributed by atoms with E-state index in [-0.39, 0.29) is 0 Å². The average molecular weight is 303 g/mol. The molecule has 1 aromatic carbocycles. The second kappa shape index (κ2) is 4.59. The molecule has 1 N–H and O–H groups in total. The number of ether oxygens (including phenoxy) is 1. The number of benzene rings is 1. The zero-order valence-electron chi connectivity index (χ0n) is 8.22. The lowest BCUT2D eigenvalue weighted by molar-refractivity contribution is 0.0768. The van der Waals surface area contributed by atoms with E-state index >= 15 is 0 Å². The van der Waals surface area contributed by atoms with E-state index in [9.17, 15) is 0 Å². The van der Waals surface area contributed by atoms with Gasteiger partial charge in [-0.3, -0.25) is 0 Å². The predicted molar refractivity (Wildman–Crippen MR) is 65.5 cm³/mol. The fourth-order valence-electron chi connectivity index (χ4n) is 1.61. The van der Waals surface area contributed by atoms with E-state index in [1.54, 1.807) is 0 Å². The molecule has 3 heteroatoms. The van der Waals surface area contributed by atoms with Gasteiger partial charge in [-0.15, -0.1) is 0 Å². The van der Waals surface area contributed by atoms with Gasteiger partial charge in [0.1, 0.15) is 0 Å². The molecule has 1 fully saturated rings. The Morgan fingerprint density at radius 1 is 1.50 bits per heavy atom. The molecule has 0 bridgehead atoms. The highest BCUT2D eigenvalue weighted by atomic mass is 127. The van der Waals surface area contributed by atoms with Crippen molar-refractivity contribution in [3.63, 3.8) is 0 Å². The average Bonchev–Trinajstić information content (AvgIpc) is 2.23. The van der Waals surface area contributed by atoms with Gasteiger partial charge in [-0.25, -0.2) is 0 Å². The van der Waals surface area contributed by atoms with Crippen LogP contribution < -0.4 is 5.32 Å². The molecule has 0 saturated carbocycles. The van der Waals surface area contributed by atoms with E-state index in [2.05, 4.69) is 53.0 Å². The first kappa shape index (κ1) is 10.4. The van der Waals surface area contributed by atoms with Crippen LogP contribution in [0.4, 0.5) is 0 Å². The van der Waals surface area contributed by atoms with Gasteiger partial charge in [0, 0.05) is 10.1 Å². The molecule has 0 aliphatic carbocycles. The molecule has 2 rings (SSSR count).